The monoisotopic (exact) mass is 244 g/mol. The van der Waals surface area contributed by atoms with Gasteiger partial charge in [-0.05, 0) is 26.3 Å². The number of amides is 1. The van der Waals surface area contributed by atoms with Gasteiger partial charge in [0.1, 0.15) is 11.5 Å². The van der Waals surface area contributed by atoms with Gasteiger partial charge in [0.15, 0.2) is 0 Å². The lowest BCUT2D eigenvalue weighted by molar-refractivity contribution is 0.0789. The Labute approximate surface area is 101 Å². The van der Waals surface area contributed by atoms with Crippen LogP contribution in [-0.2, 0) is 0 Å². The molecule has 2 heterocycles. The van der Waals surface area contributed by atoms with Crippen LogP contribution in [0.4, 0.5) is 0 Å². The smallest absolute Gasteiger partial charge is 0.257 e. The number of nitrogens with zero attached hydrogens (tertiary/aromatic N) is 1. The first-order valence-electron chi connectivity index (χ1n) is 5.20. The summed E-state index contributed by atoms with van der Waals surface area (Å²) < 4.78 is 5.34. The number of hydrogen-bond donors (Lipinski definition) is 1. The minimum Gasteiger partial charge on any atom is -0.466 e. The van der Waals surface area contributed by atoms with Crippen molar-refractivity contribution < 1.29 is 9.21 Å². The fourth-order valence-corrected chi connectivity index (χ4v) is 1.99. The van der Waals surface area contributed by atoms with Gasteiger partial charge < -0.3 is 15.1 Å². The maximum Gasteiger partial charge on any atom is 0.257 e. The molecule has 5 heteroatoms. The van der Waals surface area contributed by atoms with Crippen molar-refractivity contribution in [1.29, 1.82) is 0 Å². The number of furan rings is 1. The highest BCUT2D eigenvalue weighted by molar-refractivity contribution is 5.95. The van der Waals surface area contributed by atoms with Gasteiger partial charge in [-0.1, -0.05) is 0 Å². The molecule has 1 saturated heterocycles. The number of carbonyl (C=O) groups excluding carboxylic acids is 1. The molecule has 0 aromatic carbocycles. The highest BCUT2D eigenvalue weighted by Gasteiger charge is 2.26. The maximum atomic E-state index is 12.0. The third kappa shape index (κ3) is 2.39. The van der Waals surface area contributed by atoms with Crippen molar-refractivity contribution in [2.24, 2.45) is 5.73 Å². The van der Waals surface area contributed by atoms with E-state index in [1.54, 1.807) is 11.0 Å². The lowest BCUT2D eigenvalue weighted by Gasteiger charge is -2.14. The molecular weight excluding hydrogens is 228 g/mol. The van der Waals surface area contributed by atoms with E-state index in [9.17, 15) is 4.79 Å². The molecule has 1 amide bonds. The number of likely N-dealkylation sites (tertiary alicyclic amines) is 1. The average Bonchev–Trinajstić information content (AvgIpc) is 2.71. The van der Waals surface area contributed by atoms with Crippen LogP contribution < -0.4 is 5.73 Å². The summed E-state index contributed by atoms with van der Waals surface area (Å²) in [7, 11) is 0. The van der Waals surface area contributed by atoms with Gasteiger partial charge in [-0.3, -0.25) is 4.79 Å². The Hall–Kier alpha value is -1.000. The Kier molecular flexibility index (Phi) is 3.99. The number of aryl methyl sites for hydroxylation is 2. The first-order valence-corrected chi connectivity index (χ1v) is 5.20. The third-order valence-corrected chi connectivity index (χ3v) is 2.78. The number of halogens is 1. The van der Waals surface area contributed by atoms with E-state index in [1.165, 1.54) is 0 Å². The van der Waals surface area contributed by atoms with Gasteiger partial charge in [0.2, 0.25) is 0 Å². The van der Waals surface area contributed by atoms with Gasteiger partial charge in [-0.15, -0.1) is 12.4 Å². The van der Waals surface area contributed by atoms with Gasteiger partial charge in [-0.25, -0.2) is 0 Å². The molecule has 1 aliphatic heterocycles. The Morgan fingerprint density at radius 2 is 2.25 bits per heavy atom. The molecule has 0 aliphatic carbocycles. The fourth-order valence-electron chi connectivity index (χ4n) is 1.99. The molecular formula is C11H17ClN2O2. The van der Waals surface area contributed by atoms with Crippen LogP contribution in [0, 0.1) is 13.8 Å². The molecule has 1 fully saturated rings. The molecule has 1 aliphatic rings. The molecule has 1 aromatic heterocycles. The van der Waals surface area contributed by atoms with Crippen molar-refractivity contribution in [2.75, 3.05) is 13.1 Å². The molecule has 0 bridgehead atoms. The number of carbonyl (C=O) groups is 1. The minimum atomic E-state index is 0. The quantitative estimate of drug-likeness (QED) is 0.814. The summed E-state index contributed by atoms with van der Waals surface area (Å²) in [5.74, 6) is 1.51. The van der Waals surface area contributed by atoms with Crippen molar-refractivity contribution >= 4 is 18.3 Å². The lowest BCUT2D eigenvalue weighted by atomic mass is 10.2. The van der Waals surface area contributed by atoms with Crippen LogP contribution in [0.25, 0.3) is 0 Å². The molecule has 90 valence electrons. The molecule has 1 atom stereocenters. The largest absolute Gasteiger partial charge is 0.466 e. The van der Waals surface area contributed by atoms with Crippen LogP contribution in [0.2, 0.25) is 0 Å². The van der Waals surface area contributed by atoms with Crippen molar-refractivity contribution in [3.63, 3.8) is 0 Å². The predicted molar refractivity (Wildman–Crippen MR) is 63.9 cm³/mol. The topological polar surface area (TPSA) is 59.5 Å². The second-order valence-corrected chi connectivity index (χ2v) is 4.13. The van der Waals surface area contributed by atoms with Gasteiger partial charge in [0, 0.05) is 19.1 Å². The molecule has 0 saturated carbocycles. The predicted octanol–water partition coefficient (Wildman–Crippen LogP) is 1.49. The van der Waals surface area contributed by atoms with E-state index in [-0.39, 0.29) is 24.4 Å². The highest BCUT2D eigenvalue weighted by atomic mass is 35.5. The van der Waals surface area contributed by atoms with E-state index in [0.717, 1.165) is 18.7 Å². The highest BCUT2D eigenvalue weighted by Crippen LogP contribution is 2.18. The Morgan fingerprint density at radius 1 is 1.56 bits per heavy atom. The summed E-state index contributed by atoms with van der Waals surface area (Å²) in [6.45, 7) is 5.07. The molecule has 4 nitrogen and oxygen atoms in total. The SMILES string of the molecule is Cc1cc(C(=O)N2CCC(N)C2)c(C)o1.Cl. The zero-order valence-corrected chi connectivity index (χ0v) is 10.3. The van der Waals surface area contributed by atoms with Crippen molar-refractivity contribution in [3.8, 4) is 0 Å². The third-order valence-electron chi connectivity index (χ3n) is 2.78. The van der Waals surface area contributed by atoms with Crippen molar-refractivity contribution in [3.05, 3.63) is 23.2 Å². The summed E-state index contributed by atoms with van der Waals surface area (Å²) in [5, 5.41) is 0. The van der Waals surface area contributed by atoms with Gasteiger partial charge in [0.05, 0.1) is 5.56 Å². The molecule has 0 spiro atoms. The van der Waals surface area contributed by atoms with Crippen LogP contribution in [0.3, 0.4) is 0 Å². The van der Waals surface area contributed by atoms with E-state index in [1.807, 2.05) is 13.8 Å². The van der Waals surface area contributed by atoms with Crippen LogP contribution >= 0.6 is 12.4 Å². The summed E-state index contributed by atoms with van der Waals surface area (Å²) in [6.07, 6.45) is 0.890. The molecule has 16 heavy (non-hydrogen) atoms. The lowest BCUT2D eigenvalue weighted by Crippen LogP contribution is -2.31. The van der Waals surface area contributed by atoms with E-state index in [0.29, 0.717) is 17.9 Å². The zero-order chi connectivity index (χ0) is 11.0. The minimum absolute atomic E-state index is 0. The summed E-state index contributed by atoms with van der Waals surface area (Å²) >= 11 is 0. The number of rotatable bonds is 1. The van der Waals surface area contributed by atoms with Crippen LogP contribution in [-0.4, -0.2) is 29.9 Å². The number of nitrogens with two attached hydrogens (primary N) is 1. The van der Waals surface area contributed by atoms with E-state index >= 15 is 0 Å². The summed E-state index contributed by atoms with van der Waals surface area (Å²) in [4.78, 5) is 13.8. The van der Waals surface area contributed by atoms with Gasteiger partial charge in [-0.2, -0.15) is 0 Å². The normalized spacial score (nSPS) is 19.7. The van der Waals surface area contributed by atoms with Crippen molar-refractivity contribution in [2.45, 2.75) is 26.3 Å². The van der Waals surface area contributed by atoms with E-state index in [4.69, 9.17) is 10.2 Å². The maximum absolute atomic E-state index is 12.0. The summed E-state index contributed by atoms with van der Waals surface area (Å²) in [6, 6.07) is 1.92. The van der Waals surface area contributed by atoms with E-state index in [2.05, 4.69) is 0 Å². The Bertz CT molecular complexity index is 389. The molecule has 0 radical (unpaired) electrons. The number of hydrogen-bond acceptors (Lipinski definition) is 3. The Morgan fingerprint density at radius 3 is 2.69 bits per heavy atom. The first-order chi connectivity index (χ1) is 7.08. The molecule has 2 N–H and O–H groups in total. The second-order valence-electron chi connectivity index (χ2n) is 4.13. The molecule has 1 unspecified atom stereocenters. The standard InChI is InChI=1S/C11H16N2O2.ClH/c1-7-5-10(8(2)15-7)11(14)13-4-3-9(12)6-13;/h5,9H,3-4,6,12H2,1-2H3;1H. The summed E-state index contributed by atoms with van der Waals surface area (Å²) in [5.41, 5.74) is 6.44. The Balaban J connectivity index is 0.00000128. The van der Waals surface area contributed by atoms with Gasteiger partial charge >= 0.3 is 0 Å². The fraction of sp³-hybridized carbons (Fsp3) is 0.545. The van der Waals surface area contributed by atoms with Crippen LogP contribution in [0.15, 0.2) is 10.5 Å². The van der Waals surface area contributed by atoms with Crippen molar-refractivity contribution in [1.82, 2.24) is 4.90 Å². The average molecular weight is 245 g/mol. The first kappa shape index (κ1) is 13.1. The van der Waals surface area contributed by atoms with E-state index < -0.39 is 0 Å². The molecule has 1 aromatic rings. The van der Waals surface area contributed by atoms with Crippen LogP contribution in [0.5, 0.6) is 0 Å². The second kappa shape index (κ2) is 4.89. The van der Waals surface area contributed by atoms with Gasteiger partial charge in [0.25, 0.3) is 5.91 Å². The van der Waals surface area contributed by atoms with Crippen LogP contribution in [0.1, 0.15) is 28.3 Å². The molecule has 2 rings (SSSR count). The zero-order valence-electron chi connectivity index (χ0n) is 9.53.